The van der Waals surface area contributed by atoms with Crippen molar-refractivity contribution < 1.29 is 0 Å². The van der Waals surface area contributed by atoms with Crippen LogP contribution in [0.5, 0.6) is 0 Å². The molecule has 0 aromatic carbocycles. The number of nitrogens with zero attached hydrogens (tertiary/aromatic N) is 1. The molecule has 15 heavy (non-hydrogen) atoms. The molecule has 0 bridgehead atoms. The zero-order valence-electron chi connectivity index (χ0n) is 9.62. The molecule has 2 heterocycles. The average Bonchev–Trinajstić information content (AvgIpc) is 2.70. The first kappa shape index (κ1) is 11.1. The maximum atomic E-state index is 3.21. The highest BCUT2D eigenvalue weighted by atomic mass is 32.1. The molecular formula is C12H20N2S. The van der Waals surface area contributed by atoms with Crippen LogP contribution in [0.1, 0.15) is 29.8 Å². The van der Waals surface area contributed by atoms with Crippen molar-refractivity contribution >= 4 is 11.3 Å². The van der Waals surface area contributed by atoms with Gasteiger partial charge in [-0.3, -0.25) is 4.90 Å². The predicted molar refractivity (Wildman–Crippen MR) is 66.6 cm³/mol. The SMILES string of the molecule is CNCCCN1CCc2sccc2C1C. The molecule has 1 aromatic rings. The van der Waals surface area contributed by atoms with Gasteiger partial charge in [-0.1, -0.05) is 0 Å². The summed E-state index contributed by atoms with van der Waals surface area (Å²) in [7, 11) is 2.02. The van der Waals surface area contributed by atoms with Gasteiger partial charge in [-0.15, -0.1) is 11.3 Å². The van der Waals surface area contributed by atoms with Gasteiger partial charge in [-0.05, 0) is 56.9 Å². The molecule has 2 rings (SSSR count). The van der Waals surface area contributed by atoms with Crippen LogP contribution in [0.15, 0.2) is 11.4 Å². The van der Waals surface area contributed by atoms with E-state index in [1.165, 1.54) is 25.9 Å². The van der Waals surface area contributed by atoms with Crippen molar-refractivity contribution in [3.63, 3.8) is 0 Å². The van der Waals surface area contributed by atoms with E-state index < -0.39 is 0 Å². The van der Waals surface area contributed by atoms with Crippen LogP contribution in [-0.4, -0.2) is 31.6 Å². The lowest BCUT2D eigenvalue weighted by atomic mass is 10.0. The van der Waals surface area contributed by atoms with Gasteiger partial charge in [-0.2, -0.15) is 0 Å². The first-order valence-electron chi connectivity index (χ1n) is 5.78. The molecule has 1 atom stereocenters. The van der Waals surface area contributed by atoms with Gasteiger partial charge in [0, 0.05) is 17.5 Å². The Morgan fingerprint density at radius 1 is 1.60 bits per heavy atom. The quantitative estimate of drug-likeness (QED) is 0.789. The highest BCUT2D eigenvalue weighted by Crippen LogP contribution is 2.32. The van der Waals surface area contributed by atoms with Crippen molar-refractivity contribution in [2.45, 2.75) is 25.8 Å². The van der Waals surface area contributed by atoms with Crippen molar-refractivity contribution in [1.29, 1.82) is 0 Å². The van der Waals surface area contributed by atoms with E-state index in [2.05, 4.69) is 28.6 Å². The van der Waals surface area contributed by atoms with Gasteiger partial charge in [-0.25, -0.2) is 0 Å². The van der Waals surface area contributed by atoms with Crippen molar-refractivity contribution in [3.05, 3.63) is 21.9 Å². The van der Waals surface area contributed by atoms with Crippen LogP contribution < -0.4 is 5.32 Å². The molecule has 84 valence electrons. The molecule has 1 N–H and O–H groups in total. The van der Waals surface area contributed by atoms with E-state index in [0.29, 0.717) is 6.04 Å². The van der Waals surface area contributed by atoms with Crippen molar-refractivity contribution in [2.75, 3.05) is 26.7 Å². The van der Waals surface area contributed by atoms with E-state index in [9.17, 15) is 0 Å². The summed E-state index contributed by atoms with van der Waals surface area (Å²) >= 11 is 1.92. The van der Waals surface area contributed by atoms with Gasteiger partial charge in [0.25, 0.3) is 0 Å². The molecule has 1 aliphatic rings. The fourth-order valence-electron chi connectivity index (χ4n) is 2.33. The van der Waals surface area contributed by atoms with Gasteiger partial charge in [0.15, 0.2) is 0 Å². The van der Waals surface area contributed by atoms with Gasteiger partial charge in [0.05, 0.1) is 0 Å². The first-order chi connectivity index (χ1) is 7.33. The van der Waals surface area contributed by atoms with Crippen LogP contribution in [0.4, 0.5) is 0 Å². The Hall–Kier alpha value is -0.380. The Bertz CT molecular complexity index is 308. The van der Waals surface area contributed by atoms with E-state index >= 15 is 0 Å². The number of fused-ring (bicyclic) bond motifs is 1. The molecule has 0 aliphatic carbocycles. The van der Waals surface area contributed by atoms with Gasteiger partial charge < -0.3 is 5.32 Å². The molecule has 0 amide bonds. The van der Waals surface area contributed by atoms with Gasteiger partial charge >= 0.3 is 0 Å². The molecule has 3 heteroatoms. The zero-order chi connectivity index (χ0) is 10.7. The minimum atomic E-state index is 0.622. The molecular weight excluding hydrogens is 204 g/mol. The van der Waals surface area contributed by atoms with Gasteiger partial charge in [0.1, 0.15) is 0 Å². The molecule has 0 spiro atoms. The number of nitrogens with one attached hydrogen (secondary N) is 1. The number of rotatable bonds is 4. The summed E-state index contributed by atoms with van der Waals surface area (Å²) in [5, 5.41) is 5.45. The molecule has 0 saturated carbocycles. The summed E-state index contributed by atoms with van der Waals surface area (Å²) < 4.78 is 0. The van der Waals surface area contributed by atoms with Crippen molar-refractivity contribution in [2.24, 2.45) is 0 Å². The standard InChI is InChI=1S/C12H20N2S/c1-10-11-5-9-15-12(11)4-8-14(10)7-3-6-13-2/h5,9-10,13H,3-4,6-8H2,1-2H3. The Labute approximate surface area is 96.3 Å². The highest BCUT2D eigenvalue weighted by Gasteiger charge is 2.23. The van der Waals surface area contributed by atoms with E-state index in [4.69, 9.17) is 0 Å². The first-order valence-corrected chi connectivity index (χ1v) is 6.66. The smallest absolute Gasteiger partial charge is 0.0331 e. The summed E-state index contributed by atoms with van der Waals surface area (Å²) in [4.78, 5) is 4.21. The van der Waals surface area contributed by atoms with Crippen LogP contribution in [0.25, 0.3) is 0 Å². The molecule has 1 aromatic heterocycles. The van der Waals surface area contributed by atoms with Crippen LogP contribution in [0.3, 0.4) is 0 Å². The Morgan fingerprint density at radius 2 is 2.47 bits per heavy atom. The molecule has 2 nitrogen and oxygen atoms in total. The third-order valence-corrected chi connectivity index (χ3v) is 4.27. The van der Waals surface area contributed by atoms with E-state index in [0.717, 1.165) is 6.54 Å². The second-order valence-electron chi connectivity index (χ2n) is 4.22. The summed E-state index contributed by atoms with van der Waals surface area (Å²) in [5.74, 6) is 0. The highest BCUT2D eigenvalue weighted by molar-refractivity contribution is 7.10. The Kier molecular flexibility index (Phi) is 3.78. The van der Waals surface area contributed by atoms with Crippen LogP contribution in [-0.2, 0) is 6.42 Å². The van der Waals surface area contributed by atoms with Crippen molar-refractivity contribution in [1.82, 2.24) is 10.2 Å². The lowest BCUT2D eigenvalue weighted by Crippen LogP contribution is -2.34. The summed E-state index contributed by atoms with van der Waals surface area (Å²) in [6.07, 6.45) is 2.50. The molecule has 0 saturated heterocycles. The minimum absolute atomic E-state index is 0.622. The Morgan fingerprint density at radius 3 is 3.27 bits per heavy atom. The summed E-state index contributed by atoms with van der Waals surface area (Å²) in [6, 6.07) is 2.92. The van der Waals surface area contributed by atoms with Gasteiger partial charge in [0.2, 0.25) is 0 Å². The third kappa shape index (κ3) is 2.41. The number of hydrogen-bond donors (Lipinski definition) is 1. The second kappa shape index (κ2) is 5.10. The molecule has 1 unspecified atom stereocenters. The second-order valence-corrected chi connectivity index (χ2v) is 5.22. The fourth-order valence-corrected chi connectivity index (χ4v) is 3.29. The summed E-state index contributed by atoms with van der Waals surface area (Å²) in [5.41, 5.74) is 1.57. The van der Waals surface area contributed by atoms with E-state index in [1.807, 2.05) is 18.4 Å². The minimum Gasteiger partial charge on any atom is -0.320 e. The average molecular weight is 224 g/mol. The lowest BCUT2D eigenvalue weighted by Gasteiger charge is -2.33. The predicted octanol–water partition coefficient (Wildman–Crippen LogP) is 2.28. The molecule has 0 radical (unpaired) electrons. The van der Waals surface area contributed by atoms with Crippen LogP contribution >= 0.6 is 11.3 Å². The fraction of sp³-hybridized carbons (Fsp3) is 0.667. The topological polar surface area (TPSA) is 15.3 Å². The third-order valence-electron chi connectivity index (χ3n) is 3.28. The summed E-state index contributed by atoms with van der Waals surface area (Å²) in [6.45, 7) is 5.92. The Balaban J connectivity index is 1.94. The van der Waals surface area contributed by atoms with Crippen LogP contribution in [0, 0.1) is 0 Å². The lowest BCUT2D eigenvalue weighted by molar-refractivity contribution is 0.198. The number of hydrogen-bond acceptors (Lipinski definition) is 3. The maximum absolute atomic E-state index is 3.21. The largest absolute Gasteiger partial charge is 0.320 e. The normalized spacial score (nSPS) is 21.6. The van der Waals surface area contributed by atoms with Crippen molar-refractivity contribution in [3.8, 4) is 0 Å². The monoisotopic (exact) mass is 224 g/mol. The zero-order valence-corrected chi connectivity index (χ0v) is 10.4. The number of thiophene rings is 1. The molecule has 0 fully saturated rings. The maximum Gasteiger partial charge on any atom is 0.0331 e. The molecule has 1 aliphatic heterocycles. The van der Waals surface area contributed by atoms with E-state index in [1.54, 1.807) is 10.4 Å². The van der Waals surface area contributed by atoms with E-state index in [-0.39, 0.29) is 0 Å². The van der Waals surface area contributed by atoms with Crippen LogP contribution in [0.2, 0.25) is 0 Å².